The first kappa shape index (κ1) is 10.7. The number of hydrogen-bond donors (Lipinski definition) is 1. The number of para-hydroxylation sites is 1. The molecule has 2 heteroatoms. The molecule has 0 amide bonds. The molecular weight excluding hydrogens is 208 g/mol. The molecule has 1 aromatic carbocycles. The van der Waals surface area contributed by atoms with Crippen molar-refractivity contribution in [1.29, 1.82) is 0 Å². The standard InChI is InChI=1S/C15H18N2/c1-15(2)13(8-10-17-15)11-7-9-16-14-6-4-3-5-12(11)14/h3-7,9,13,17H,8,10H2,1-2H3. The van der Waals surface area contributed by atoms with Gasteiger partial charge in [0.1, 0.15) is 0 Å². The Balaban J connectivity index is 2.17. The number of hydrogen-bond acceptors (Lipinski definition) is 2. The molecule has 1 aliphatic heterocycles. The molecule has 1 unspecified atom stereocenters. The minimum atomic E-state index is 0.185. The fourth-order valence-electron chi connectivity index (χ4n) is 2.99. The third-order valence-corrected chi connectivity index (χ3v) is 3.94. The van der Waals surface area contributed by atoms with E-state index < -0.39 is 0 Å². The lowest BCUT2D eigenvalue weighted by Crippen LogP contribution is -2.36. The Morgan fingerprint density at radius 1 is 1.24 bits per heavy atom. The number of pyridine rings is 1. The molecule has 2 aromatic rings. The third kappa shape index (κ3) is 1.73. The molecule has 3 rings (SSSR count). The minimum absolute atomic E-state index is 0.185. The summed E-state index contributed by atoms with van der Waals surface area (Å²) in [5.41, 5.74) is 2.72. The van der Waals surface area contributed by atoms with Gasteiger partial charge < -0.3 is 5.32 Å². The zero-order valence-electron chi connectivity index (χ0n) is 10.4. The molecule has 0 radical (unpaired) electrons. The highest BCUT2D eigenvalue weighted by Crippen LogP contribution is 2.38. The van der Waals surface area contributed by atoms with Gasteiger partial charge in [0.25, 0.3) is 0 Å². The van der Waals surface area contributed by atoms with Crippen LogP contribution in [0.15, 0.2) is 36.5 Å². The molecule has 17 heavy (non-hydrogen) atoms. The van der Waals surface area contributed by atoms with E-state index in [1.807, 2.05) is 6.20 Å². The second-order valence-corrected chi connectivity index (χ2v) is 5.41. The number of nitrogens with one attached hydrogen (secondary N) is 1. The van der Waals surface area contributed by atoms with E-state index in [1.54, 1.807) is 0 Å². The molecule has 88 valence electrons. The molecule has 0 bridgehead atoms. The lowest BCUT2D eigenvalue weighted by Gasteiger charge is -2.28. The van der Waals surface area contributed by atoms with Gasteiger partial charge in [0, 0.05) is 23.0 Å². The van der Waals surface area contributed by atoms with Crippen molar-refractivity contribution in [1.82, 2.24) is 10.3 Å². The summed E-state index contributed by atoms with van der Waals surface area (Å²) in [5, 5.41) is 4.89. The maximum Gasteiger partial charge on any atom is 0.0704 e. The van der Waals surface area contributed by atoms with Crippen molar-refractivity contribution < 1.29 is 0 Å². The summed E-state index contributed by atoms with van der Waals surface area (Å²) in [6.45, 7) is 5.69. The Hall–Kier alpha value is -1.41. The van der Waals surface area contributed by atoms with Crippen LogP contribution in [-0.4, -0.2) is 17.1 Å². The monoisotopic (exact) mass is 226 g/mol. The molecule has 1 aliphatic rings. The molecule has 1 aromatic heterocycles. The third-order valence-electron chi connectivity index (χ3n) is 3.94. The summed E-state index contributed by atoms with van der Waals surface area (Å²) >= 11 is 0. The van der Waals surface area contributed by atoms with Crippen molar-refractivity contribution in [3.05, 3.63) is 42.1 Å². The Bertz CT molecular complexity index is 540. The van der Waals surface area contributed by atoms with Crippen LogP contribution >= 0.6 is 0 Å². The average molecular weight is 226 g/mol. The second-order valence-electron chi connectivity index (χ2n) is 5.41. The van der Waals surface area contributed by atoms with Gasteiger partial charge in [0.05, 0.1) is 5.52 Å². The van der Waals surface area contributed by atoms with Crippen LogP contribution in [-0.2, 0) is 0 Å². The largest absolute Gasteiger partial charge is 0.311 e. The van der Waals surface area contributed by atoms with Crippen LogP contribution in [0.2, 0.25) is 0 Å². The molecule has 0 spiro atoms. The molecule has 0 aliphatic carbocycles. The highest BCUT2D eigenvalue weighted by Gasteiger charge is 2.35. The summed E-state index contributed by atoms with van der Waals surface area (Å²) in [6, 6.07) is 10.6. The van der Waals surface area contributed by atoms with Gasteiger partial charge in [-0.1, -0.05) is 18.2 Å². The SMILES string of the molecule is CC1(C)NCCC1c1ccnc2ccccc12. The molecule has 1 saturated heterocycles. The Morgan fingerprint density at radius 2 is 2.06 bits per heavy atom. The maximum absolute atomic E-state index is 4.44. The highest BCUT2D eigenvalue weighted by atomic mass is 15.0. The molecular formula is C15H18N2. The van der Waals surface area contributed by atoms with Crippen molar-refractivity contribution in [3.8, 4) is 0 Å². The van der Waals surface area contributed by atoms with Crippen molar-refractivity contribution in [3.63, 3.8) is 0 Å². The van der Waals surface area contributed by atoms with E-state index in [0.717, 1.165) is 12.1 Å². The van der Waals surface area contributed by atoms with Crippen molar-refractivity contribution in [2.75, 3.05) is 6.54 Å². The predicted molar refractivity (Wildman–Crippen MR) is 71.2 cm³/mol. The van der Waals surface area contributed by atoms with Gasteiger partial charge in [-0.15, -0.1) is 0 Å². The smallest absolute Gasteiger partial charge is 0.0704 e. The average Bonchev–Trinajstić information content (AvgIpc) is 2.68. The van der Waals surface area contributed by atoms with Gasteiger partial charge >= 0.3 is 0 Å². The van der Waals surface area contributed by atoms with Crippen LogP contribution in [0, 0.1) is 0 Å². The molecule has 2 nitrogen and oxygen atoms in total. The topological polar surface area (TPSA) is 24.9 Å². The van der Waals surface area contributed by atoms with Gasteiger partial charge in [-0.25, -0.2) is 0 Å². The van der Waals surface area contributed by atoms with E-state index in [-0.39, 0.29) is 5.54 Å². The lowest BCUT2D eigenvalue weighted by atomic mass is 9.82. The van der Waals surface area contributed by atoms with E-state index >= 15 is 0 Å². The first-order valence-electron chi connectivity index (χ1n) is 6.27. The molecule has 0 saturated carbocycles. The van der Waals surface area contributed by atoms with E-state index in [9.17, 15) is 0 Å². The van der Waals surface area contributed by atoms with E-state index in [0.29, 0.717) is 5.92 Å². The zero-order chi connectivity index (χ0) is 11.9. The summed E-state index contributed by atoms with van der Waals surface area (Å²) in [5.74, 6) is 0.579. The number of fused-ring (bicyclic) bond motifs is 1. The number of benzene rings is 1. The summed E-state index contributed by atoms with van der Waals surface area (Å²) in [6.07, 6.45) is 3.15. The first-order valence-corrected chi connectivity index (χ1v) is 6.27. The van der Waals surface area contributed by atoms with E-state index in [2.05, 4.69) is 54.5 Å². The summed E-state index contributed by atoms with van der Waals surface area (Å²) in [7, 11) is 0. The zero-order valence-corrected chi connectivity index (χ0v) is 10.4. The van der Waals surface area contributed by atoms with Crippen molar-refractivity contribution >= 4 is 10.9 Å². The van der Waals surface area contributed by atoms with Gasteiger partial charge in [0.2, 0.25) is 0 Å². The molecule has 1 N–H and O–H groups in total. The Kier molecular flexibility index (Phi) is 2.40. The quantitative estimate of drug-likeness (QED) is 0.808. The lowest BCUT2D eigenvalue weighted by molar-refractivity contribution is 0.412. The van der Waals surface area contributed by atoms with Gasteiger partial charge in [-0.2, -0.15) is 0 Å². The maximum atomic E-state index is 4.44. The van der Waals surface area contributed by atoms with Crippen LogP contribution in [0.25, 0.3) is 10.9 Å². The Labute approximate surface area is 102 Å². The van der Waals surface area contributed by atoms with Crippen molar-refractivity contribution in [2.45, 2.75) is 31.7 Å². The Morgan fingerprint density at radius 3 is 2.82 bits per heavy atom. The van der Waals surface area contributed by atoms with Crippen LogP contribution < -0.4 is 5.32 Å². The second kappa shape index (κ2) is 3.81. The molecule has 2 heterocycles. The first-order chi connectivity index (χ1) is 8.18. The fourth-order valence-corrected chi connectivity index (χ4v) is 2.99. The summed E-state index contributed by atoms with van der Waals surface area (Å²) in [4.78, 5) is 4.44. The predicted octanol–water partition coefficient (Wildman–Crippen LogP) is 3.09. The van der Waals surface area contributed by atoms with Gasteiger partial charge in [-0.05, 0) is 44.5 Å². The van der Waals surface area contributed by atoms with Crippen LogP contribution in [0.5, 0.6) is 0 Å². The van der Waals surface area contributed by atoms with Crippen LogP contribution in [0.1, 0.15) is 31.7 Å². The number of rotatable bonds is 1. The van der Waals surface area contributed by atoms with Crippen molar-refractivity contribution in [2.24, 2.45) is 0 Å². The number of nitrogens with zero attached hydrogens (tertiary/aromatic N) is 1. The van der Waals surface area contributed by atoms with Crippen LogP contribution in [0.3, 0.4) is 0 Å². The van der Waals surface area contributed by atoms with Gasteiger partial charge in [0.15, 0.2) is 0 Å². The number of aromatic nitrogens is 1. The molecule has 1 atom stereocenters. The van der Waals surface area contributed by atoms with E-state index in [4.69, 9.17) is 0 Å². The summed E-state index contributed by atoms with van der Waals surface area (Å²) < 4.78 is 0. The normalized spacial score (nSPS) is 23.1. The molecule has 1 fully saturated rings. The van der Waals surface area contributed by atoms with E-state index in [1.165, 1.54) is 17.4 Å². The highest BCUT2D eigenvalue weighted by molar-refractivity contribution is 5.82. The van der Waals surface area contributed by atoms with Gasteiger partial charge in [-0.3, -0.25) is 4.98 Å². The van der Waals surface area contributed by atoms with Crippen LogP contribution in [0.4, 0.5) is 0 Å². The fraction of sp³-hybridized carbons (Fsp3) is 0.400. The minimum Gasteiger partial charge on any atom is -0.311 e.